The van der Waals surface area contributed by atoms with E-state index in [-0.39, 0.29) is 29.2 Å². The molecule has 0 radical (unpaired) electrons. The highest BCUT2D eigenvalue weighted by molar-refractivity contribution is 6.04. The molecule has 1 saturated heterocycles. The normalized spacial score (nSPS) is 14.9. The SMILES string of the molecule is CCOC(=O)c1ccc(C(=O)Nc2ccc(N3CCN(C)CC3)cc2C(F)(F)F)nc1C. The molecule has 1 aromatic heterocycles. The largest absolute Gasteiger partial charge is 0.462 e. The summed E-state index contributed by atoms with van der Waals surface area (Å²) >= 11 is 0. The predicted molar refractivity (Wildman–Crippen MR) is 114 cm³/mol. The van der Waals surface area contributed by atoms with Gasteiger partial charge in [0.25, 0.3) is 5.91 Å². The molecule has 32 heavy (non-hydrogen) atoms. The summed E-state index contributed by atoms with van der Waals surface area (Å²) < 4.78 is 46.1. The van der Waals surface area contributed by atoms with E-state index in [1.54, 1.807) is 13.0 Å². The Morgan fingerprint density at radius 2 is 1.81 bits per heavy atom. The van der Waals surface area contributed by atoms with Crippen molar-refractivity contribution in [3.05, 3.63) is 52.8 Å². The van der Waals surface area contributed by atoms with Gasteiger partial charge < -0.3 is 19.9 Å². The Morgan fingerprint density at radius 3 is 2.41 bits per heavy atom. The van der Waals surface area contributed by atoms with Gasteiger partial charge in [0.15, 0.2) is 0 Å². The van der Waals surface area contributed by atoms with E-state index in [1.165, 1.54) is 25.1 Å². The minimum absolute atomic E-state index is 0.105. The van der Waals surface area contributed by atoms with E-state index in [1.807, 2.05) is 11.9 Å². The van der Waals surface area contributed by atoms with Gasteiger partial charge in [0.1, 0.15) is 5.69 Å². The number of halogens is 3. The van der Waals surface area contributed by atoms with Gasteiger partial charge in [-0.3, -0.25) is 4.79 Å². The highest BCUT2D eigenvalue weighted by Gasteiger charge is 2.35. The average Bonchev–Trinajstić information content (AvgIpc) is 2.74. The lowest BCUT2D eigenvalue weighted by Crippen LogP contribution is -2.44. The van der Waals surface area contributed by atoms with Crippen molar-refractivity contribution >= 4 is 23.3 Å². The first-order valence-electron chi connectivity index (χ1n) is 10.2. The van der Waals surface area contributed by atoms with Gasteiger partial charge in [-0.05, 0) is 51.2 Å². The Hall–Kier alpha value is -3.14. The van der Waals surface area contributed by atoms with Crippen molar-refractivity contribution in [1.29, 1.82) is 0 Å². The summed E-state index contributed by atoms with van der Waals surface area (Å²) in [7, 11) is 1.96. The van der Waals surface area contributed by atoms with Crippen LogP contribution in [0.1, 0.15) is 39.0 Å². The number of carbonyl (C=O) groups excluding carboxylic acids is 2. The Labute approximate surface area is 184 Å². The lowest BCUT2D eigenvalue weighted by atomic mass is 10.1. The zero-order chi connectivity index (χ0) is 23.5. The van der Waals surface area contributed by atoms with Gasteiger partial charge in [0.05, 0.1) is 29.1 Å². The highest BCUT2D eigenvalue weighted by atomic mass is 19.4. The predicted octanol–water partition coefficient (Wildman–Crippen LogP) is 3.59. The van der Waals surface area contributed by atoms with Crippen LogP contribution in [0.15, 0.2) is 30.3 Å². The third kappa shape index (κ3) is 5.37. The second kappa shape index (κ2) is 9.56. The number of nitrogens with zero attached hydrogens (tertiary/aromatic N) is 3. The molecule has 0 unspecified atom stereocenters. The molecule has 1 aliphatic rings. The van der Waals surface area contributed by atoms with Crippen LogP contribution >= 0.6 is 0 Å². The molecule has 172 valence electrons. The van der Waals surface area contributed by atoms with E-state index in [0.29, 0.717) is 18.8 Å². The quantitative estimate of drug-likeness (QED) is 0.702. The second-order valence-electron chi connectivity index (χ2n) is 7.52. The molecule has 0 spiro atoms. The van der Waals surface area contributed by atoms with Crippen LogP contribution in [0.2, 0.25) is 0 Å². The number of aromatic nitrogens is 1. The van der Waals surface area contributed by atoms with E-state index in [9.17, 15) is 22.8 Å². The number of nitrogens with one attached hydrogen (secondary N) is 1. The monoisotopic (exact) mass is 450 g/mol. The molecule has 0 aliphatic carbocycles. The van der Waals surface area contributed by atoms with Crippen molar-refractivity contribution in [1.82, 2.24) is 9.88 Å². The topological polar surface area (TPSA) is 74.8 Å². The van der Waals surface area contributed by atoms with Gasteiger partial charge >= 0.3 is 12.1 Å². The first-order chi connectivity index (χ1) is 15.1. The lowest BCUT2D eigenvalue weighted by molar-refractivity contribution is -0.136. The summed E-state index contributed by atoms with van der Waals surface area (Å²) in [5.41, 5.74) is -0.493. The molecule has 1 N–H and O–H groups in total. The number of likely N-dealkylation sites (N-methyl/N-ethyl adjacent to an activating group) is 1. The Morgan fingerprint density at radius 1 is 1.12 bits per heavy atom. The fourth-order valence-corrected chi connectivity index (χ4v) is 3.44. The number of rotatable bonds is 5. The van der Waals surface area contributed by atoms with Gasteiger partial charge in [0.2, 0.25) is 0 Å². The zero-order valence-electron chi connectivity index (χ0n) is 18.1. The van der Waals surface area contributed by atoms with E-state index in [4.69, 9.17) is 4.74 Å². The Balaban J connectivity index is 1.84. The molecule has 1 aromatic carbocycles. The Bertz CT molecular complexity index is 1000. The number of hydrogen-bond acceptors (Lipinski definition) is 6. The molecule has 2 aromatic rings. The molecule has 7 nitrogen and oxygen atoms in total. The highest BCUT2D eigenvalue weighted by Crippen LogP contribution is 2.37. The molecule has 3 rings (SSSR count). The lowest BCUT2D eigenvalue weighted by Gasteiger charge is -2.34. The van der Waals surface area contributed by atoms with Crippen LogP contribution in [-0.2, 0) is 10.9 Å². The van der Waals surface area contributed by atoms with Crippen LogP contribution in [0.25, 0.3) is 0 Å². The number of aryl methyl sites for hydroxylation is 1. The summed E-state index contributed by atoms with van der Waals surface area (Å²) in [5.74, 6) is -1.38. The summed E-state index contributed by atoms with van der Waals surface area (Å²) in [6, 6.07) is 6.53. The summed E-state index contributed by atoms with van der Waals surface area (Å²) in [4.78, 5) is 32.5. The van der Waals surface area contributed by atoms with Crippen LogP contribution in [0, 0.1) is 6.92 Å². The van der Waals surface area contributed by atoms with E-state index >= 15 is 0 Å². The molecule has 1 aliphatic heterocycles. The van der Waals surface area contributed by atoms with Crippen molar-refractivity contribution in [2.24, 2.45) is 0 Å². The number of pyridine rings is 1. The standard InChI is InChI=1S/C22H25F3N4O3/c1-4-32-21(31)16-6-8-19(26-14(16)2)20(30)27-18-7-5-15(13-17(18)22(23,24)25)29-11-9-28(3)10-12-29/h5-8,13H,4,9-12H2,1-3H3,(H,27,30). The van der Waals surface area contributed by atoms with Crippen LogP contribution in [0.5, 0.6) is 0 Å². The second-order valence-corrected chi connectivity index (χ2v) is 7.52. The first kappa shape index (κ1) is 23.5. The van der Waals surface area contributed by atoms with Crippen molar-refractivity contribution in [3.63, 3.8) is 0 Å². The molecule has 1 fully saturated rings. The average molecular weight is 450 g/mol. The minimum atomic E-state index is -4.65. The minimum Gasteiger partial charge on any atom is -0.462 e. The van der Waals surface area contributed by atoms with Crippen molar-refractivity contribution in [3.8, 4) is 0 Å². The third-order valence-electron chi connectivity index (χ3n) is 5.24. The molecule has 1 amide bonds. The molecule has 10 heteroatoms. The van der Waals surface area contributed by atoms with Crippen LogP contribution in [0.4, 0.5) is 24.5 Å². The Kier molecular flexibility index (Phi) is 7.02. The van der Waals surface area contributed by atoms with Gasteiger partial charge in [-0.15, -0.1) is 0 Å². The number of piperazine rings is 1. The number of esters is 1. The fourth-order valence-electron chi connectivity index (χ4n) is 3.44. The molecular weight excluding hydrogens is 425 g/mol. The van der Waals surface area contributed by atoms with Crippen LogP contribution in [-0.4, -0.2) is 61.6 Å². The number of benzene rings is 1. The smallest absolute Gasteiger partial charge is 0.418 e. The summed E-state index contributed by atoms with van der Waals surface area (Å²) in [6.45, 7) is 6.12. The van der Waals surface area contributed by atoms with Gasteiger partial charge in [0, 0.05) is 31.9 Å². The van der Waals surface area contributed by atoms with Crippen molar-refractivity contribution in [2.75, 3.05) is 50.1 Å². The zero-order valence-corrected chi connectivity index (χ0v) is 18.1. The van der Waals surface area contributed by atoms with Gasteiger partial charge in [-0.25, -0.2) is 9.78 Å². The molecule has 0 atom stereocenters. The maximum absolute atomic E-state index is 13.7. The van der Waals surface area contributed by atoms with Gasteiger partial charge in [-0.1, -0.05) is 0 Å². The van der Waals surface area contributed by atoms with Crippen molar-refractivity contribution < 1.29 is 27.5 Å². The van der Waals surface area contributed by atoms with E-state index in [0.717, 1.165) is 19.2 Å². The number of carbonyl (C=O) groups is 2. The number of ether oxygens (including phenoxy) is 1. The third-order valence-corrected chi connectivity index (χ3v) is 5.24. The molecule has 0 saturated carbocycles. The maximum atomic E-state index is 13.7. The molecular formula is C22H25F3N4O3. The van der Waals surface area contributed by atoms with Crippen LogP contribution < -0.4 is 10.2 Å². The first-order valence-corrected chi connectivity index (χ1v) is 10.2. The summed E-state index contributed by atoms with van der Waals surface area (Å²) in [6.07, 6.45) is -4.65. The molecule has 0 bridgehead atoms. The number of alkyl halides is 3. The maximum Gasteiger partial charge on any atom is 0.418 e. The number of hydrogen-bond donors (Lipinski definition) is 1. The van der Waals surface area contributed by atoms with Crippen molar-refractivity contribution in [2.45, 2.75) is 20.0 Å². The summed E-state index contributed by atoms with van der Waals surface area (Å²) in [5, 5.41) is 2.31. The number of anilines is 2. The van der Waals surface area contributed by atoms with E-state index < -0.39 is 23.6 Å². The van der Waals surface area contributed by atoms with Crippen LogP contribution in [0.3, 0.4) is 0 Å². The van der Waals surface area contributed by atoms with E-state index in [2.05, 4.69) is 15.2 Å². The number of amides is 1. The molecule has 2 heterocycles. The fraction of sp³-hybridized carbons (Fsp3) is 0.409. The van der Waals surface area contributed by atoms with Gasteiger partial charge in [-0.2, -0.15) is 13.2 Å².